The molecule has 1 heterocycles. The maximum atomic E-state index is 11.6. The zero-order valence-corrected chi connectivity index (χ0v) is 10.9. The van der Waals surface area contributed by atoms with Crippen molar-refractivity contribution in [2.24, 2.45) is 0 Å². The molecule has 0 spiro atoms. The summed E-state index contributed by atoms with van der Waals surface area (Å²) in [5.74, 6) is -0.0566. The summed E-state index contributed by atoms with van der Waals surface area (Å²) in [7, 11) is 0. The molecule has 0 unspecified atom stereocenters. The molecule has 1 aromatic carbocycles. The normalized spacial score (nSPS) is 10.8. The predicted molar refractivity (Wildman–Crippen MR) is 71.6 cm³/mol. The lowest BCUT2D eigenvalue weighted by Crippen LogP contribution is -2.26. The van der Waals surface area contributed by atoms with Gasteiger partial charge < -0.3 is 15.0 Å². The first-order valence-electron chi connectivity index (χ1n) is 5.80. The number of hydrogen-bond donors (Lipinski definition) is 2. The number of nitrogens with zero attached hydrogens (tertiary/aromatic N) is 1. The summed E-state index contributed by atoms with van der Waals surface area (Å²) in [6.07, 6.45) is 1.79. The minimum atomic E-state index is -0.0566. The summed E-state index contributed by atoms with van der Waals surface area (Å²) in [5, 5.41) is 13.6. The van der Waals surface area contributed by atoms with Crippen molar-refractivity contribution in [3.63, 3.8) is 0 Å². The third kappa shape index (κ3) is 2.49. The Labute approximate surface area is 110 Å². The molecule has 96 valence electrons. The molecule has 0 saturated carbocycles. The Morgan fingerprint density at radius 2 is 2.28 bits per heavy atom. The third-order valence-electron chi connectivity index (χ3n) is 2.79. The van der Waals surface area contributed by atoms with E-state index in [-0.39, 0.29) is 19.1 Å². The lowest BCUT2D eigenvalue weighted by molar-refractivity contribution is -0.121. The first-order valence-corrected chi connectivity index (χ1v) is 6.18. The molecule has 0 saturated heterocycles. The van der Waals surface area contributed by atoms with Crippen LogP contribution in [0.15, 0.2) is 24.4 Å². The molecule has 1 amide bonds. The molecule has 2 N–H and O–H groups in total. The van der Waals surface area contributed by atoms with E-state index in [4.69, 9.17) is 11.6 Å². The topological polar surface area (TPSA) is 54.3 Å². The highest BCUT2D eigenvalue weighted by Gasteiger charge is 2.10. The second-order valence-electron chi connectivity index (χ2n) is 4.06. The van der Waals surface area contributed by atoms with Crippen LogP contribution in [0.3, 0.4) is 0 Å². The van der Waals surface area contributed by atoms with Crippen LogP contribution in [-0.4, -0.2) is 22.1 Å². The standard InChI is InChI=1S/C13H15ClN2O2/c1-2-15-13(18)7-16-6-9(8-17)11-4-3-10(14)5-12(11)16/h3-6,17H,2,7-8H2,1H3,(H,15,18). The van der Waals surface area contributed by atoms with Crippen LogP contribution in [0.2, 0.25) is 5.02 Å². The minimum Gasteiger partial charge on any atom is -0.392 e. The number of carbonyl (C=O) groups is 1. The Morgan fingerprint density at radius 1 is 1.50 bits per heavy atom. The van der Waals surface area contributed by atoms with Crippen molar-refractivity contribution in [3.05, 3.63) is 35.0 Å². The number of carbonyl (C=O) groups excluding carboxylic acids is 1. The highest BCUT2D eigenvalue weighted by molar-refractivity contribution is 6.31. The van der Waals surface area contributed by atoms with Gasteiger partial charge in [0.15, 0.2) is 0 Å². The van der Waals surface area contributed by atoms with E-state index in [9.17, 15) is 9.90 Å². The molecule has 2 aromatic rings. The largest absolute Gasteiger partial charge is 0.392 e. The van der Waals surface area contributed by atoms with Gasteiger partial charge in [-0.2, -0.15) is 0 Å². The third-order valence-corrected chi connectivity index (χ3v) is 3.02. The van der Waals surface area contributed by atoms with Gasteiger partial charge >= 0.3 is 0 Å². The van der Waals surface area contributed by atoms with E-state index in [1.54, 1.807) is 22.9 Å². The number of aliphatic hydroxyl groups excluding tert-OH is 1. The Morgan fingerprint density at radius 3 is 2.94 bits per heavy atom. The Bertz CT molecular complexity index is 578. The van der Waals surface area contributed by atoms with Crippen LogP contribution in [0.5, 0.6) is 0 Å². The zero-order chi connectivity index (χ0) is 13.1. The van der Waals surface area contributed by atoms with Gasteiger partial charge in [0, 0.05) is 28.7 Å². The number of aliphatic hydroxyl groups is 1. The van der Waals surface area contributed by atoms with Crippen molar-refractivity contribution in [3.8, 4) is 0 Å². The van der Waals surface area contributed by atoms with Gasteiger partial charge in [-0.15, -0.1) is 0 Å². The maximum absolute atomic E-state index is 11.6. The fraction of sp³-hybridized carbons (Fsp3) is 0.308. The smallest absolute Gasteiger partial charge is 0.239 e. The number of halogens is 1. The Kier molecular flexibility index (Phi) is 3.89. The van der Waals surface area contributed by atoms with E-state index >= 15 is 0 Å². The first-order chi connectivity index (χ1) is 8.65. The molecule has 0 atom stereocenters. The molecular weight excluding hydrogens is 252 g/mol. The molecule has 0 aliphatic heterocycles. The average molecular weight is 267 g/mol. The molecule has 0 bridgehead atoms. The highest BCUT2D eigenvalue weighted by Crippen LogP contribution is 2.24. The van der Waals surface area contributed by atoms with Crippen molar-refractivity contribution >= 4 is 28.4 Å². The second-order valence-corrected chi connectivity index (χ2v) is 4.49. The summed E-state index contributed by atoms with van der Waals surface area (Å²) in [5.41, 5.74) is 1.66. The van der Waals surface area contributed by atoms with E-state index in [1.165, 1.54) is 0 Å². The van der Waals surface area contributed by atoms with Crippen LogP contribution in [0, 0.1) is 0 Å². The van der Waals surface area contributed by atoms with Gasteiger partial charge in [0.1, 0.15) is 6.54 Å². The zero-order valence-electron chi connectivity index (χ0n) is 10.1. The van der Waals surface area contributed by atoms with E-state index in [0.717, 1.165) is 16.5 Å². The lowest BCUT2D eigenvalue weighted by atomic mass is 10.2. The van der Waals surface area contributed by atoms with Crippen molar-refractivity contribution in [1.82, 2.24) is 9.88 Å². The number of nitrogens with one attached hydrogen (secondary N) is 1. The van der Waals surface area contributed by atoms with Crippen molar-refractivity contribution in [2.45, 2.75) is 20.1 Å². The SMILES string of the molecule is CCNC(=O)Cn1cc(CO)c2ccc(Cl)cc21. The molecular formula is C13H15ClN2O2. The Balaban J connectivity index is 2.43. The van der Waals surface area contributed by atoms with Crippen LogP contribution < -0.4 is 5.32 Å². The minimum absolute atomic E-state index is 0.0550. The molecule has 5 heteroatoms. The van der Waals surface area contributed by atoms with Crippen molar-refractivity contribution < 1.29 is 9.90 Å². The number of hydrogen-bond acceptors (Lipinski definition) is 2. The number of benzene rings is 1. The molecule has 0 aliphatic rings. The lowest BCUT2D eigenvalue weighted by Gasteiger charge is -2.05. The maximum Gasteiger partial charge on any atom is 0.239 e. The number of rotatable bonds is 4. The fourth-order valence-corrected chi connectivity index (χ4v) is 2.17. The molecule has 4 nitrogen and oxygen atoms in total. The number of likely N-dealkylation sites (N-methyl/N-ethyl adjacent to an activating group) is 1. The second kappa shape index (κ2) is 5.42. The van der Waals surface area contributed by atoms with Gasteiger partial charge in [-0.05, 0) is 19.1 Å². The molecule has 0 fully saturated rings. The predicted octanol–water partition coefficient (Wildman–Crippen LogP) is 1.92. The van der Waals surface area contributed by atoms with Crippen LogP contribution in [0.1, 0.15) is 12.5 Å². The van der Waals surface area contributed by atoms with Crippen LogP contribution in [0.4, 0.5) is 0 Å². The number of fused-ring (bicyclic) bond motifs is 1. The summed E-state index contributed by atoms with van der Waals surface area (Å²) < 4.78 is 1.80. The van der Waals surface area contributed by atoms with Crippen molar-refractivity contribution in [1.29, 1.82) is 0 Å². The van der Waals surface area contributed by atoms with Crippen LogP contribution in [0.25, 0.3) is 10.9 Å². The van der Waals surface area contributed by atoms with Crippen LogP contribution in [-0.2, 0) is 17.9 Å². The molecule has 18 heavy (non-hydrogen) atoms. The van der Waals surface area contributed by atoms with Crippen molar-refractivity contribution in [2.75, 3.05) is 6.54 Å². The molecule has 2 rings (SSSR count). The fourth-order valence-electron chi connectivity index (χ4n) is 2.01. The summed E-state index contributed by atoms with van der Waals surface area (Å²) in [4.78, 5) is 11.6. The van der Waals surface area contributed by atoms with E-state index in [1.807, 2.05) is 13.0 Å². The van der Waals surface area contributed by atoms with Gasteiger partial charge in [0.05, 0.1) is 12.1 Å². The monoisotopic (exact) mass is 266 g/mol. The van der Waals surface area contributed by atoms with Gasteiger partial charge in [0.2, 0.25) is 5.91 Å². The van der Waals surface area contributed by atoms with Crippen LogP contribution >= 0.6 is 11.6 Å². The summed E-state index contributed by atoms with van der Waals surface area (Å²) in [6, 6.07) is 5.44. The van der Waals surface area contributed by atoms with E-state index < -0.39 is 0 Å². The number of aromatic nitrogens is 1. The van der Waals surface area contributed by atoms with Gasteiger partial charge in [-0.25, -0.2) is 0 Å². The quantitative estimate of drug-likeness (QED) is 0.888. The molecule has 0 aliphatic carbocycles. The Hall–Kier alpha value is -1.52. The molecule has 1 aromatic heterocycles. The highest BCUT2D eigenvalue weighted by atomic mass is 35.5. The van der Waals surface area contributed by atoms with E-state index in [2.05, 4.69) is 5.32 Å². The average Bonchev–Trinajstić information content (AvgIpc) is 2.67. The first kappa shape index (κ1) is 12.9. The van der Waals surface area contributed by atoms with E-state index in [0.29, 0.717) is 11.6 Å². The summed E-state index contributed by atoms with van der Waals surface area (Å²) in [6.45, 7) is 2.65. The molecule has 0 radical (unpaired) electrons. The van der Waals surface area contributed by atoms with Gasteiger partial charge in [-0.1, -0.05) is 17.7 Å². The van der Waals surface area contributed by atoms with Gasteiger partial charge in [0.25, 0.3) is 0 Å². The van der Waals surface area contributed by atoms with Gasteiger partial charge in [-0.3, -0.25) is 4.79 Å². The number of amides is 1. The summed E-state index contributed by atoms with van der Waals surface area (Å²) >= 11 is 5.96.